The summed E-state index contributed by atoms with van der Waals surface area (Å²) < 4.78 is 6.98. The number of nitrogens with zero attached hydrogens (tertiary/aromatic N) is 3. The SMILES string of the molecule is COc1ccc(CSc2nnc(SCCCN3C(=O)CNC3=O)s2)cc1. The van der Waals surface area contributed by atoms with Crippen molar-refractivity contribution in [2.45, 2.75) is 20.9 Å². The topological polar surface area (TPSA) is 84.4 Å². The van der Waals surface area contributed by atoms with Gasteiger partial charge in [0.15, 0.2) is 8.68 Å². The van der Waals surface area contributed by atoms with E-state index in [1.54, 1.807) is 42.0 Å². The van der Waals surface area contributed by atoms with Gasteiger partial charge < -0.3 is 10.1 Å². The molecule has 3 rings (SSSR count). The molecule has 0 atom stereocenters. The van der Waals surface area contributed by atoms with Crippen molar-refractivity contribution >= 4 is 46.8 Å². The fraction of sp³-hybridized carbons (Fsp3) is 0.375. The molecule has 7 nitrogen and oxygen atoms in total. The minimum atomic E-state index is -0.298. The number of urea groups is 1. The molecule has 2 heterocycles. The summed E-state index contributed by atoms with van der Waals surface area (Å²) in [5.74, 6) is 2.30. The van der Waals surface area contributed by atoms with Crippen molar-refractivity contribution in [1.29, 1.82) is 0 Å². The Labute approximate surface area is 163 Å². The number of thioether (sulfide) groups is 2. The van der Waals surface area contributed by atoms with Crippen molar-refractivity contribution < 1.29 is 14.3 Å². The first-order valence-electron chi connectivity index (χ1n) is 7.96. The summed E-state index contributed by atoms with van der Waals surface area (Å²) in [6, 6.07) is 7.68. The summed E-state index contributed by atoms with van der Waals surface area (Å²) in [5, 5.41) is 10.9. The Bertz CT molecular complexity index is 750. The van der Waals surface area contributed by atoms with E-state index in [4.69, 9.17) is 4.74 Å². The summed E-state index contributed by atoms with van der Waals surface area (Å²) in [5.41, 5.74) is 1.20. The van der Waals surface area contributed by atoms with Crippen LogP contribution in [-0.2, 0) is 10.5 Å². The molecule has 1 aromatic heterocycles. The van der Waals surface area contributed by atoms with Crippen molar-refractivity contribution in [2.24, 2.45) is 0 Å². The third kappa shape index (κ3) is 5.12. The van der Waals surface area contributed by atoms with Crippen molar-refractivity contribution in [3.8, 4) is 5.75 Å². The van der Waals surface area contributed by atoms with Crippen LogP contribution in [0, 0.1) is 0 Å². The summed E-state index contributed by atoms with van der Waals surface area (Å²) >= 11 is 4.81. The van der Waals surface area contributed by atoms with Crippen LogP contribution in [0.15, 0.2) is 32.9 Å². The average molecular weight is 411 g/mol. The maximum Gasteiger partial charge on any atom is 0.324 e. The highest BCUT2D eigenvalue weighted by Crippen LogP contribution is 2.31. The second-order valence-electron chi connectivity index (χ2n) is 5.38. The zero-order valence-electron chi connectivity index (χ0n) is 14.1. The number of ether oxygens (including phenoxy) is 1. The molecular formula is C16H18N4O3S3. The third-order valence-corrected chi connectivity index (χ3v) is 6.95. The van der Waals surface area contributed by atoms with Crippen LogP contribution in [0.1, 0.15) is 12.0 Å². The predicted octanol–water partition coefficient (Wildman–Crippen LogP) is 2.87. The minimum absolute atomic E-state index is 0.108. The number of carbonyl (C=O) groups excluding carboxylic acids is 2. The second-order valence-corrected chi connectivity index (χ2v) is 8.92. The fourth-order valence-electron chi connectivity index (χ4n) is 2.24. The van der Waals surface area contributed by atoms with Gasteiger partial charge in [0, 0.05) is 18.1 Å². The number of hydrogen-bond acceptors (Lipinski definition) is 8. The lowest BCUT2D eigenvalue weighted by Crippen LogP contribution is -2.32. The van der Waals surface area contributed by atoms with Crippen LogP contribution >= 0.6 is 34.9 Å². The number of carbonyl (C=O) groups is 2. The highest BCUT2D eigenvalue weighted by atomic mass is 32.2. The van der Waals surface area contributed by atoms with E-state index in [0.29, 0.717) is 6.54 Å². The lowest BCUT2D eigenvalue weighted by Gasteiger charge is -2.10. The van der Waals surface area contributed by atoms with Crippen molar-refractivity contribution in [3.63, 3.8) is 0 Å². The number of amides is 3. The summed E-state index contributed by atoms with van der Waals surface area (Å²) in [6.45, 7) is 0.548. The molecular weight excluding hydrogens is 392 g/mol. The van der Waals surface area contributed by atoms with Crippen LogP contribution < -0.4 is 10.1 Å². The number of rotatable bonds is 9. The molecule has 1 N–H and O–H groups in total. The van der Waals surface area contributed by atoms with Gasteiger partial charge >= 0.3 is 6.03 Å². The largest absolute Gasteiger partial charge is 0.497 e. The molecule has 0 spiro atoms. The van der Waals surface area contributed by atoms with E-state index in [-0.39, 0.29) is 18.5 Å². The third-order valence-electron chi connectivity index (χ3n) is 3.60. The molecule has 1 aliphatic heterocycles. The molecule has 2 aromatic rings. The summed E-state index contributed by atoms with van der Waals surface area (Å²) in [7, 11) is 1.65. The fourth-order valence-corrected chi connectivity index (χ4v) is 5.21. The van der Waals surface area contributed by atoms with Crippen molar-refractivity contribution in [3.05, 3.63) is 29.8 Å². The molecule has 138 valence electrons. The number of aromatic nitrogens is 2. The first-order chi connectivity index (χ1) is 12.7. The van der Waals surface area contributed by atoms with Gasteiger partial charge in [-0.2, -0.15) is 0 Å². The quantitative estimate of drug-likeness (QED) is 0.386. The Morgan fingerprint density at radius 2 is 1.92 bits per heavy atom. The van der Waals surface area contributed by atoms with Crippen LogP contribution in [0.5, 0.6) is 5.75 Å². The van der Waals surface area contributed by atoms with Crippen LogP contribution in [0.3, 0.4) is 0 Å². The normalized spacial score (nSPS) is 14.0. The molecule has 10 heteroatoms. The van der Waals surface area contributed by atoms with Gasteiger partial charge in [-0.25, -0.2) is 4.79 Å². The minimum Gasteiger partial charge on any atom is -0.497 e. The first kappa shape index (κ1) is 19.0. The average Bonchev–Trinajstić information content (AvgIpc) is 3.24. The highest BCUT2D eigenvalue weighted by molar-refractivity contribution is 8.02. The van der Waals surface area contributed by atoms with Crippen LogP contribution in [0.2, 0.25) is 0 Å². The van der Waals surface area contributed by atoms with E-state index in [0.717, 1.165) is 32.4 Å². The van der Waals surface area contributed by atoms with Gasteiger partial charge in [-0.15, -0.1) is 10.2 Å². The standard InChI is InChI=1S/C16H18N4O3S3/c1-23-12-5-3-11(4-6-12)10-25-16-19-18-15(26-16)24-8-2-7-20-13(21)9-17-14(20)22/h3-6H,2,7-10H2,1H3,(H,17,22). The number of nitrogens with one attached hydrogen (secondary N) is 1. The smallest absolute Gasteiger partial charge is 0.324 e. The lowest BCUT2D eigenvalue weighted by atomic mass is 10.2. The van der Waals surface area contributed by atoms with E-state index in [1.807, 2.05) is 24.3 Å². The van der Waals surface area contributed by atoms with E-state index < -0.39 is 0 Å². The second kappa shape index (κ2) is 9.24. The molecule has 0 saturated carbocycles. The number of methoxy groups -OCH3 is 1. The number of benzene rings is 1. The Hall–Kier alpha value is -1.78. The molecule has 0 bridgehead atoms. The zero-order valence-corrected chi connectivity index (χ0v) is 16.6. The Balaban J connectivity index is 1.38. The van der Waals surface area contributed by atoms with Gasteiger partial charge in [0.2, 0.25) is 5.91 Å². The van der Waals surface area contributed by atoms with Crippen molar-refractivity contribution in [2.75, 3.05) is 26.0 Å². The van der Waals surface area contributed by atoms with Crippen LogP contribution in [-0.4, -0.2) is 53.0 Å². The van der Waals surface area contributed by atoms with Crippen LogP contribution in [0.4, 0.5) is 4.79 Å². The molecule has 1 fully saturated rings. The molecule has 0 unspecified atom stereocenters. The Morgan fingerprint density at radius 3 is 2.58 bits per heavy atom. The van der Waals surface area contributed by atoms with E-state index in [9.17, 15) is 9.59 Å². The maximum absolute atomic E-state index is 11.5. The zero-order chi connectivity index (χ0) is 18.4. The van der Waals surface area contributed by atoms with E-state index in [2.05, 4.69) is 15.5 Å². The molecule has 3 amide bonds. The molecule has 1 aromatic carbocycles. The first-order valence-corrected chi connectivity index (χ1v) is 10.7. The van der Waals surface area contributed by atoms with Gasteiger partial charge in [0.1, 0.15) is 5.75 Å². The van der Waals surface area contributed by atoms with Gasteiger partial charge in [0.05, 0.1) is 13.7 Å². The predicted molar refractivity (Wildman–Crippen MR) is 103 cm³/mol. The number of imide groups is 1. The molecule has 1 aliphatic rings. The van der Waals surface area contributed by atoms with E-state index in [1.165, 1.54) is 10.5 Å². The Kier molecular flexibility index (Phi) is 6.75. The van der Waals surface area contributed by atoms with Crippen LogP contribution in [0.25, 0.3) is 0 Å². The highest BCUT2D eigenvalue weighted by Gasteiger charge is 2.27. The maximum atomic E-state index is 11.5. The molecule has 1 saturated heterocycles. The van der Waals surface area contributed by atoms with Gasteiger partial charge in [-0.1, -0.05) is 47.0 Å². The summed E-state index contributed by atoms with van der Waals surface area (Å²) in [4.78, 5) is 24.2. The molecule has 26 heavy (non-hydrogen) atoms. The Morgan fingerprint density at radius 1 is 1.19 bits per heavy atom. The van der Waals surface area contributed by atoms with E-state index >= 15 is 0 Å². The monoisotopic (exact) mass is 410 g/mol. The van der Waals surface area contributed by atoms with Gasteiger partial charge in [-0.3, -0.25) is 9.69 Å². The van der Waals surface area contributed by atoms with Crippen molar-refractivity contribution in [1.82, 2.24) is 20.4 Å². The summed E-state index contributed by atoms with van der Waals surface area (Å²) in [6.07, 6.45) is 0.734. The van der Waals surface area contributed by atoms with Gasteiger partial charge in [-0.05, 0) is 24.1 Å². The number of hydrogen-bond donors (Lipinski definition) is 1. The lowest BCUT2D eigenvalue weighted by molar-refractivity contribution is -0.124. The van der Waals surface area contributed by atoms with Gasteiger partial charge in [0.25, 0.3) is 0 Å². The molecule has 0 radical (unpaired) electrons. The molecule has 0 aliphatic carbocycles.